The van der Waals surface area contributed by atoms with Gasteiger partial charge in [-0.1, -0.05) is 35.9 Å². The first kappa shape index (κ1) is 18.5. The van der Waals surface area contributed by atoms with E-state index in [2.05, 4.69) is 4.72 Å². The topological polar surface area (TPSA) is 80.3 Å². The fraction of sp³-hybridized carbons (Fsp3) is 0.294. The first-order valence-electron chi connectivity index (χ1n) is 7.36. The molecule has 24 heavy (non-hydrogen) atoms. The van der Waals surface area contributed by atoms with Gasteiger partial charge in [0.25, 0.3) is 10.0 Å². The molecule has 0 aromatic heterocycles. The number of para-hydroxylation sites is 1. The predicted octanol–water partition coefficient (Wildman–Crippen LogP) is 2.96. The van der Waals surface area contributed by atoms with Crippen LogP contribution in [0.25, 0.3) is 0 Å². The van der Waals surface area contributed by atoms with E-state index in [0.29, 0.717) is 16.7 Å². The normalized spacial score (nSPS) is 12.2. The second kappa shape index (κ2) is 6.57. The molecule has 5 nitrogen and oxygen atoms in total. The summed E-state index contributed by atoms with van der Waals surface area (Å²) in [6.07, 6.45) is 1.12. The average Bonchev–Trinajstić information content (AvgIpc) is 2.37. The van der Waals surface area contributed by atoms with Crippen molar-refractivity contribution in [3.63, 3.8) is 0 Å². The zero-order valence-electron chi connectivity index (χ0n) is 14.1. The molecule has 0 amide bonds. The molecule has 0 saturated carbocycles. The van der Waals surface area contributed by atoms with Crippen molar-refractivity contribution in [3.05, 3.63) is 58.7 Å². The van der Waals surface area contributed by atoms with Crippen LogP contribution in [0.5, 0.6) is 0 Å². The maximum atomic E-state index is 12.8. The maximum absolute atomic E-state index is 12.8. The summed E-state index contributed by atoms with van der Waals surface area (Å²) in [5.74, 6) is -0.225. The molecular weight excluding hydrogens is 346 g/mol. The summed E-state index contributed by atoms with van der Waals surface area (Å²) in [6, 6.07) is 10.1. The number of rotatable bonds is 5. The lowest BCUT2D eigenvalue weighted by atomic mass is 10.1. The largest absolute Gasteiger partial charge is 0.279 e. The molecule has 2 aromatic carbocycles. The van der Waals surface area contributed by atoms with Crippen LogP contribution >= 0.6 is 0 Å². The van der Waals surface area contributed by atoms with Crippen LogP contribution in [0.1, 0.15) is 22.3 Å². The Morgan fingerprint density at radius 1 is 0.917 bits per heavy atom. The van der Waals surface area contributed by atoms with Gasteiger partial charge in [-0.05, 0) is 43.5 Å². The Balaban J connectivity index is 2.49. The molecule has 0 bridgehead atoms. The Kier molecular flexibility index (Phi) is 5.05. The molecule has 0 saturated heterocycles. The molecule has 0 aliphatic carbocycles. The Morgan fingerprint density at radius 3 is 2.00 bits per heavy atom. The second-order valence-corrected chi connectivity index (χ2v) is 9.82. The van der Waals surface area contributed by atoms with Crippen molar-refractivity contribution in [1.29, 1.82) is 0 Å². The highest BCUT2D eigenvalue weighted by atomic mass is 32.2. The molecular formula is C17H21NO4S2. The molecule has 2 aromatic rings. The van der Waals surface area contributed by atoms with Crippen molar-refractivity contribution in [1.82, 2.24) is 0 Å². The zero-order chi connectivity index (χ0) is 18.1. The van der Waals surface area contributed by atoms with Crippen molar-refractivity contribution in [3.8, 4) is 0 Å². The minimum absolute atomic E-state index is 0.224. The van der Waals surface area contributed by atoms with Crippen molar-refractivity contribution < 1.29 is 16.8 Å². The van der Waals surface area contributed by atoms with E-state index >= 15 is 0 Å². The maximum Gasteiger partial charge on any atom is 0.262 e. The highest BCUT2D eigenvalue weighted by molar-refractivity contribution is 7.93. The molecule has 0 fully saturated rings. The Morgan fingerprint density at radius 2 is 1.46 bits per heavy atom. The van der Waals surface area contributed by atoms with Crippen LogP contribution in [0.2, 0.25) is 0 Å². The summed E-state index contributed by atoms with van der Waals surface area (Å²) in [5, 5.41) is 0. The number of aryl methyl sites for hydroxylation is 3. The summed E-state index contributed by atoms with van der Waals surface area (Å²) < 4.78 is 51.3. The summed E-state index contributed by atoms with van der Waals surface area (Å²) in [5.41, 5.74) is 3.00. The number of benzene rings is 2. The minimum atomic E-state index is -3.81. The van der Waals surface area contributed by atoms with Gasteiger partial charge in [-0.25, -0.2) is 16.8 Å². The van der Waals surface area contributed by atoms with Crippen LogP contribution in [0.15, 0.2) is 41.3 Å². The van der Waals surface area contributed by atoms with Gasteiger partial charge < -0.3 is 0 Å². The number of anilines is 1. The standard InChI is InChI=1S/C17H21NO4S2/c1-12-9-13(2)17(14(3)10-12)24(21,22)18-16-8-6-5-7-15(16)11-23(4,19)20/h5-10,18H,11H2,1-4H3. The van der Waals surface area contributed by atoms with Gasteiger partial charge in [-0.15, -0.1) is 0 Å². The highest BCUT2D eigenvalue weighted by Gasteiger charge is 2.21. The van der Waals surface area contributed by atoms with Crippen molar-refractivity contribution in [2.75, 3.05) is 11.0 Å². The highest BCUT2D eigenvalue weighted by Crippen LogP contribution is 2.26. The number of hydrogen-bond donors (Lipinski definition) is 1. The van der Waals surface area contributed by atoms with Gasteiger partial charge in [0, 0.05) is 6.26 Å². The van der Waals surface area contributed by atoms with E-state index in [0.717, 1.165) is 11.8 Å². The van der Waals surface area contributed by atoms with Gasteiger partial charge in [-0.2, -0.15) is 0 Å². The Labute approximate surface area is 143 Å². The number of hydrogen-bond acceptors (Lipinski definition) is 4. The lowest BCUT2D eigenvalue weighted by Crippen LogP contribution is -2.17. The lowest BCUT2D eigenvalue weighted by Gasteiger charge is -2.16. The van der Waals surface area contributed by atoms with E-state index in [1.165, 1.54) is 0 Å². The van der Waals surface area contributed by atoms with Crippen LogP contribution in [-0.4, -0.2) is 23.1 Å². The van der Waals surface area contributed by atoms with Crippen molar-refractivity contribution in [2.45, 2.75) is 31.4 Å². The second-order valence-electron chi connectivity index (χ2n) is 6.06. The molecule has 130 valence electrons. The minimum Gasteiger partial charge on any atom is -0.279 e. The smallest absolute Gasteiger partial charge is 0.262 e. The molecule has 1 N–H and O–H groups in total. The third kappa shape index (κ3) is 4.36. The van der Waals surface area contributed by atoms with E-state index in [-0.39, 0.29) is 16.3 Å². The molecule has 0 spiro atoms. The third-order valence-corrected chi connectivity index (χ3v) is 6.06. The van der Waals surface area contributed by atoms with Crippen LogP contribution < -0.4 is 4.72 Å². The zero-order valence-corrected chi connectivity index (χ0v) is 15.8. The van der Waals surface area contributed by atoms with Gasteiger partial charge in [0.2, 0.25) is 0 Å². The quantitative estimate of drug-likeness (QED) is 0.881. The number of nitrogens with one attached hydrogen (secondary N) is 1. The predicted molar refractivity (Wildman–Crippen MR) is 96.5 cm³/mol. The Bertz CT molecular complexity index is 954. The van der Waals surface area contributed by atoms with Crippen LogP contribution in [0.4, 0.5) is 5.69 Å². The fourth-order valence-electron chi connectivity index (χ4n) is 2.81. The molecule has 0 heterocycles. The molecule has 2 rings (SSSR count). The van der Waals surface area contributed by atoms with Gasteiger partial charge in [-0.3, -0.25) is 4.72 Å². The van der Waals surface area contributed by atoms with Crippen LogP contribution in [-0.2, 0) is 25.6 Å². The number of sulfone groups is 1. The monoisotopic (exact) mass is 367 g/mol. The third-order valence-electron chi connectivity index (χ3n) is 3.55. The van der Waals surface area contributed by atoms with E-state index in [9.17, 15) is 16.8 Å². The number of sulfonamides is 1. The van der Waals surface area contributed by atoms with Gasteiger partial charge in [0.15, 0.2) is 9.84 Å². The van der Waals surface area contributed by atoms with Gasteiger partial charge in [0.05, 0.1) is 16.3 Å². The Hall–Kier alpha value is -1.86. The van der Waals surface area contributed by atoms with E-state index in [1.807, 2.05) is 19.1 Å². The molecule has 0 atom stereocenters. The lowest BCUT2D eigenvalue weighted by molar-refractivity contribution is 0.597. The fourth-order valence-corrected chi connectivity index (χ4v) is 5.19. The summed E-state index contributed by atoms with van der Waals surface area (Å²) in [6.45, 7) is 5.40. The van der Waals surface area contributed by atoms with E-state index in [4.69, 9.17) is 0 Å². The summed E-state index contributed by atoms with van der Waals surface area (Å²) in [4.78, 5) is 0.224. The molecule has 0 aliphatic rings. The molecule has 0 unspecified atom stereocenters. The summed E-state index contributed by atoms with van der Waals surface area (Å²) >= 11 is 0. The van der Waals surface area contributed by atoms with Gasteiger partial charge in [0.1, 0.15) is 0 Å². The van der Waals surface area contributed by atoms with E-state index in [1.54, 1.807) is 38.1 Å². The average molecular weight is 367 g/mol. The summed E-state index contributed by atoms with van der Waals surface area (Å²) in [7, 11) is -7.09. The van der Waals surface area contributed by atoms with Crippen molar-refractivity contribution >= 4 is 25.5 Å². The molecule has 0 radical (unpaired) electrons. The molecule has 7 heteroatoms. The first-order chi connectivity index (χ1) is 11.0. The van der Waals surface area contributed by atoms with E-state index < -0.39 is 19.9 Å². The van der Waals surface area contributed by atoms with Gasteiger partial charge >= 0.3 is 0 Å². The van der Waals surface area contributed by atoms with Crippen LogP contribution in [0.3, 0.4) is 0 Å². The first-order valence-corrected chi connectivity index (χ1v) is 10.9. The van der Waals surface area contributed by atoms with Crippen molar-refractivity contribution in [2.24, 2.45) is 0 Å². The van der Waals surface area contributed by atoms with Crippen LogP contribution in [0, 0.1) is 20.8 Å². The SMILES string of the molecule is Cc1cc(C)c(S(=O)(=O)Nc2ccccc2CS(C)(=O)=O)c(C)c1. The molecule has 0 aliphatic heterocycles.